The van der Waals surface area contributed by atoms with Crippen molar-refractivity contribution in [1.29, 1.82) is 0 Å². The minimum atomic E-state index is -0.258. The molecule has 0 aliphatic rings. The summed E-state index contributed by atoms with van der Waals surface area (Å²) in [5.41, 5.74) is 0.883. The standard InChI is InChI=1S/C11H12BrClFN/c1-7(13)6-15-8(2)9-3-4-10(12)11(14)5-9/h3-5,8,15H,1,6H2,2H3. The Balaban J connectivity index is 2.69. The Morgan fingerprint density at radius 2 is 2.33 bits per heavy atom. The third kappa shape index (κ3) is 3.93. The largest absolute Gasteiger partial charge is 0.305 e. The van der Waals surface area contributed by atoms with Crippen LogP contribution in [0.1, 0.15) is 18.5 Å². The number of hydrogen-bond donors (Lipinski definition) is 1. The highest BCUT2D eigenvalue weighted by atomic mass is 79.9. The molecule has 0 radical (unpaired) electrons. The molecule has 1 rings (SSSR count). The second kappa shape index (κ2) is 5.64. The molecule has 1 aromatic rings. The average Bonchev–Trinajstić information content (AvgIpc) is 2.18. The molecule has 1 N–H and O–H groups in total. The zero-order valence-corrected chi connectivity index (χ0v) is 10.7. The predicted molar refractivity (Wildman–Crippen MR) is 65.5 cm³/mol. The maximum atomic E-state index is 13.2. The number of benzene rings is 1. The van der Waals surface area contributed by atoms with E-state index in [1.807, 2.05) is 13.0 Å². The summed E-state index contributed by atoms with van der Waals surface area (Å²) in [6, 6.07) is 5.10. The Morgan fingerprint density at radius 3 is 2.87 bits per heavy atom. The lowest BCUT2D eigenvalue weighted by Gasteiger charge is -2.13. The molecule has 0 bridgehead atoms. The van der Waals surface area contributed by atoms with Gasteiger partial charge in [0.15, 0.2) is 0 Å². The molecule has 0 aromatic heterocycles. The van der Waals surface area contributed by atoms with E-state index in [1.165, 1.54) is 6.07 Å². The molecular weight excluding hydrogens is 280 g/mol. The highest BCUT2D eigenvalue weighted by Gasteiger charge is 2.07. The van der Waals surface area contributed by atoms with E-state index in [0.29, 0.717) is 16.0 Å². The Hall–Kier alpha value is -0.380. The zero-order chi connectivity index (χ0) is 11.4. The Labute approximate surface area is 102 Å². The summed E-state index contributed by atoms with van der Waals surface area (Å²) < 4.78 is 13.7. The van der Waals surface area contributed by atoms with Crippen molar-refractivity contribution >= 4 is 27.5 Å². The Morgan fingerprint density at radius 1 is 1.67 bits per heavy atom. The topological polar surface area (TPSA) is 12.0 Å². The minimum Gasteiger partial charge on any atom is -0.305 e. The molecule has 1 unspecified atom stereocenters. The lowest BCUT2D eigenvalue weighted by atomic mass is 10.1. The van der Waals surface area contributed by atoms with Gasteiger partial charge < -0.3 is 5.32 Å². The van der Waals surface area contributed by atoms with Crippen LogP contribution in [0.4, 0.5) is 4.39 Å². The van der Waals surface area contributed by atoms with Gasteiger partial charge >= 0.3 is 0 Å². The first kappa shape index (κ1) is 12.7. The lowest BCUT2D eigenvalue weighted by Crippen LogP contribution is -2.19. The monoisotopic (exact) mass is 291 g/mol. The molecule has 1 nitrogen and oxygen atoms in total. The molecule has 0 saturated carbocycles. The van der Waals surface area contributed by atoms with Crippen LogP contribution in [0, 0.1) is 5.82 Å². The molecule has 0 aliphatic carbocycles. The first-order valence-electron chi connectivity index (χ1n) is 4.52. The quantitative estimate of drug-likeness (QED) is 0.885. The molecule has 15 heavy (non-hydrogen) atoms. The second-order valence-electron chi connectivity index (χ2n) is 3.29. The van der Waals surface area contributed by atoms with Crippen LogP contribution in [0.5, 0.6) is 0 Å². The van der Waals surface area contributed by atoms with Gasteiger partial charge in [-0.15, -0.1) is 0 Å². The fraction of sp³-hybridized carbons (Fsp3) is 0.273. The Kier molecular flexibility index (Phi) is 4.77. The van der Waals surface area contributed by atoms with E-state index in [9.17, 15) is 4.39 Å². The summed E-state index contributed by atoms with van der Waals surface area (Å²) in [5.74, 6) is -0.258. The van der Waals surface area contributed by atoms with E-state index in [4.69, 9.17) is 11.6 Å². The first-order chi connectivity index (χ1) is 7.00. The van der Waals surface area contributed by atoms with Crippen molar-refractivity contribution in [2.75, 3.05) is 6.54 Å². The highest BCUT2D eigenvalue weighted by molar-refractivity contribution is 9.10. The van der Waals surface area contributed by atoms with Crippen LogP contribution < -0.4 is 5.32 Å². The van der Waals surface area contributed by atoms with Gasteiger partial charge in [0.1, 0.15) is 5.82 Å². The molecule has 82 valence electrons. The maximum Gasteiger partial charge on any atom is 0.137 e. The van der Waals surface area contributed by atoms with E-state index in [1.54, 1.807) is 6.07 Å². The van der Waals surface area contributed by atoms with Crippen LogP contribution in [-0.2, 0) is 0 Å². The number of halogens is 3. The van der Waals surface area contributed by atoms with E-state index in [0.717, 1.165) is 5.56 Å². The van der Waals surface area contributed by atoms with Crippen molar-refractivity contribution in [1.82, 2.24) is 5.32 Å². The van der Waals surface area contributed by atoms with Gasteiger partial charge in [-0.3, -0.25) is 0 Å². The fourth-order valence-corrected chi connectivity index (χ4v) is 1.49. The molecule has 0 heterocycles. The summed E-state index contributed by atoms with van der Waals surface area (Å²) in [6.07, 6.45) is 0. The molecule has 0 fully saturated rings. The van der Waals surface area contributed by atoms with Gasteiger partial charge in [-0.1, -0.05) is 24.2 Å². The van der Waals surface area contributed by atoms with E-state index < -0.39 is 0 Å². The van der Waals surface area contributed by atoms with Gasteiger partial charge in [-0.25, -0.2) is 4.39 Å². The lowest BCUT2D eigenvalue weighted by molar-refractivity contribution is 0.590. The van der Waals surface area contributed by atoms with Crippen LogP contribution in [0.2, 0.25) is 0 Å². The predicted octanol–water partition coefficient (Wildman–Crippen LogP) is 3.99. The second-order valence-corrected chi connectivity index (χ2v) is 4.68. The molecule has 0 saturated heterocycles. The third-order valence-electron chi connectivity index (χ3n) is 2.04. The number of hydrogen-bond acceptors (Lipinski definition) is 1. The molecule has 1 atom stereocenters. The van der Waals surface area contributed by atoms with Crippen molar-refractivity contribution in [2.45, 2.75) is 13.0 Å². The fourth-order valence-electron chi connectivity index (χ4n) is 1.16. The van der Waals surface area contributed by atoms with Crippen LogP contribution in [0.15, 0.2) is 34.3 Å². The molecule has 0 aliphatic heterocycles. The van der Waals surface area contributed by atoms with Crippen molar-refractivity contribution in [3.63, 3.8) is 0 Å². The molecule has 0 spiro atoms. The third-order valence-corrected chi connectivity index (χ3v) is 2.82. The highest BCUT2D eigenvalue weighted by Crippen LogP contribution is 2.20. The summed E-state index contributed by atoms with van der Waals surface area (Å²) >= 11 is 8.74. The normalized spacial score (nSPS) is 12.5. The van der Waals surface area contributed by atoms with Crippen molar-refractivity contribution < 1.29 is 4.39 Å². The van der Waals surface area contributed by atoms with Crippen LogP contribution in [-0.4, -0.2) is 6.54 Å². The molecular formula is C11H12BrClFN. The maximum absolute atomic E-state index is 13.2. The van der Waals surface area contributed by atoms with E-state index >= 15 is 0 Å². The number of rotatable bonds is 4. The molecule has 0 amide bonds. The summed E-state index contributed by atoms with van der Waals surface area (Å²) in [5, 5.41) is 3.67. The van der Waals surface area contributed by atoms with E-state index in [-0.39, 0.29) is 11.9 Å². The SMILES string of the molecule is C=C(Cl)CNC(C)c1ccc(Br)c(F)c1. The summed E-state index contributed by atoms with van der Waals surface area (Å²) in [6.45, 7) is 6.04. The minimum absolute atomic E-state index is 0.0445. The van der Waals surface area contributed by atoms with Crippen LogP contribution >= 0.6 is 27.5 Å². The Bertz CT molecular complexity index is 368. The van der Waals surface area contributed by atoms with Gasteiger partial charge in [0.25, 0.3) is 0 Å². The van der Waals surface area contributed by atoms with Gasteiger partial charge in [0, 0.05) is 17.6 Å². The van der Waals surface area contributed by atoms with Crippen LogP contribution in [0.25, 0.3) is 0 Å². The van der Waals surface area contributed by atoms with Gasteiger partial charge in [-0.2, -0.15) is 0 Å². The van der Waals surface area contributed by atoms with Gasteiger partial charge in [0.05, 0.1) is 4.47 Å². The molecule has 4 heteroatoms. The van der Waals surface area contributed by atoms with Crippen molar-refractivity contribution in [3.8, 4) is 0 Å². The molecule has 1 aromatic carbocycles. The van der Waals surface area contributed by atoms with Crippen LogP contribution in [0.3, 0.4) is 0 Å². The van der Waals surface area contributed by atoms with Gasteiger partial charge in [-0.05, 0) is 40.5 Å². The summed E-state index contributed by atoms with van der Waals surface area (Å²) in [7, 11) is 0. The smallest absolute Gasteiger partial charge is 0.137 e. The van der Waals surface area contributed by atoms with Crippen molar-refractivity contribution in [2.24, 2.45) is 0 Å². The number of nitrogens with one attached hydrogen (secondary N) is 1. The summed E-state index contributed by atoms with van der Waals surface area (Å²) in [4.78, 5) is 0. The van der Waals surface area contributed by atoms with Crippen molar-refractivity contribution in [3.05, 3.63) is 45.7 Å². The first-order valence-corrected chi connectivity index (χ1v) is 5.69. The zero-order valence-electron chi connectivity index (χ0n) is 8.36. The average molecular weight is 293 g/mol. The van der Waals surface area contributed by atoms with E-state index in [2.05, 4.69) is 27.8 Å². The van der Waals surface area contributed by atoms with Gasteiger partial charge in [0.2, 0.25) is 0 Å².